The van der Waals surface area contributed by atoms with Crippen molar-refractivity contribution in [1.29, 1.82) is 0 Å². The van der Waals surface area contributed by atoms with Crippen LogP contribution in [0.25, 0.3) is 0 Å². The van der Waals surface area contributed by atoms with E-state index in [1.165, 1.54) is 31.5 Å². The van der Waals surface area contributed by atoms with Crippen LogP contribution in [0, 0.1) is 0 Å². The Hall–Kier alpha value is -1.26. The molecule has 100 valence electrons. The predicted octanol–water partition coefficient (Wildman–Crippen LogP) is 1.38. The van der Waals surface area contributed by atoms with Gasteiger partial charge in [0.15, 0.2) is 0 Å². The zero-order valence-corrected chi connectivity index (χ0v) is 11.4. The molecule has 0 spiro atoms. The summed E-state index contributed by atoms with van der Waals surface area (Å²) in [6, 6.07) is 6.63. The molecule has 0 atom stereocenters. The maximum atomic E-state index is 5.84. The summed E-state index contributed by atoms with van der Waals surface area (Å²) in [5, 5.41) is 0. The Balaban J connectivity index is 1.94. The third-order valence-corrected chi connectivity index (χ3v) is 3.89. The second-order valence-electron chi connectivity index (χ2n) is 5.41. The van der Waals surface area contributed by atoms with Crippen LogP contribution < -0.4 is 11.5 Å². The van der Waals surface area contributed by atoms with Crippen LogP contribution in [-0.4, -0.2) is 43.0 Å². The first-order chi connectivity index (χ1) is 8.56. The van der Waals surface area contributed by atoms with Gasteiger partial charge in [0.05, 0.1) is 11.4 Å². The van der Waals surface area contributed by atoms with Gasteiger partial charge in [-0.15, -0.1) is 0 Å². The van der Waals surface area contributed by atoms with Crippen LogP contribution in [0.1, 0.15) is 18.4 Å². The van der Waals surface area contributed by atoms with Gasteiger partial charge in [-0.1, -0.05) is 6.07 Å². The molecule has 0 bridgehead atoms. The molecular weight excluding hydrogens is 224 g/mol. The summed E-state index contributed by atoms with van der Waals surface area (Å²) in [7, 11) is 4.39. The minimum Gasteiger partial charge on any atom is -0.397 e. The molecular formula is C14H24N4. The third kappa shape index (κ3) is 3.15. The molecule has 1 aliphatic rings. The second kappa shape index (κ2) is 5.59. The summed E-state index contributed by atoms with van der Waals surface area (Å²) < 4.78 is 0. The minimum atomic E-state index is 0.667. The van der Waals surface area contributed by atoms with E-state index in [0.717, 1.165) is 6.54 Å². The number of rotatable bonds is 3. The van der Waals surface area contributed by atoms with E-state index in [1.807, 2.05) is 12.1 Å². The van der Waals surface area contributed by atoms with Gasteiger partial charge >= 0.3 is 0 Å². The number of piperidine rings is 1. The number of anilines is 2. The van der Waals surface area contributed by atoms with Crippen LogP contribution in [0.3, 0.4) is 0 Å². The van der Waals surface area contributed by atoms with Crippen molar-refractivity contribution in [2.75, 3.05) is 38.7 Å². The molecule has 0 aliphatic carbocycles. The average Bonchev–Trinajstić information content (AvgIpc) is 2.34. The molecule has 0 amide bonds. The molecule has 4 heteroatoms. The van der Waals surface area contributed by atoms with E-state index >= 15 is 0 Å². The molecule has 18 heavy (non-hydrogen) atoms. The molecule has 2 rings (SSSR count). The Kier molecular flexibility index (Phi) is 4.09. The zero-order chi connectivity index (χ0) is 13.1. The summed E-state index contributed by atoms with van der Waals surface area (Å²) in [6.07, 6.45) is 2.49. The lowest BCUT2D eigenvalue weighted by atomic mass is 10.0. The SMILES string of the molecule is CN1CCC(N(C)Cc2ccc(N)c(N)c2)CC1. The van der Waals surface area contributed by atoms with Gasteiger partial charge < -0.3 is 16.4 Å². The van der Waals surface area contributed by atoms with Crippen LogP contribution in [0.15, 0.2) is 18.2 Å². The molecule has 0 unspecified atom stereocenters. The van der Waals surface area contributed by atoms with E-state index in [-0.39, 0.29) is 0 Å². The summed E-state index contributed by atoms with van der Waals surface area (Å²) in [6.45, 7) is 3.33. The smallest absolute Gasteiger partial charge is 0.0551 e. The van der Waals surface area contributed by atoms with Crippen molar-refractivity contribution in [3.8, 4) is 0 Å². The summed E-state index contributed by atoms with van der Waals surface area (Å²) >= 11 is 0. The van der Waals surface area contributed by atoms with E-state index in [4.69, 9.17) is 11.5 Å². The lowest BCUT2D eigenvalue weighted by molar-refractivity contribution is 0.139. The zero-order valence-electron chi connectivity index (χ0n) is 11.4. The van der Waals surface area contributed by atoms with Crippen molar-refractivity contribution < 1.29 is 0 Å². The number of hydrogen-bond donors (Lipinski definition) is 2. The molecule has 1 aromatic rings. The van der Waals surface area contributed by atoms with Crippen LogP contribution in [0.5, 0.6) is 0 Å². The van der Waals surface area contributed by atoms with Gasteiger partial charge in [-0.25, -0.2) is 0 Å². The van der Waals surface area contributed by atoms with Crippen molar-refractivity contribution in [3.05, 3.63) is 23.8 Å². The van der Waals surface area contributed by atoms with Crippen molar-refractivity contribution in [2.45, 2.75) is 25.4 Å². The van der Waals surface area contributed by atoms with Gasteiger partial charge in [0.1, 0.15) is 0 Å². The number of nitrogens with two attached hydrogens (primary N) is 2. The fraction of sp³-hybridized carbons (Fsp3) is 0.571. The fourth-order valence-corrected chi connectivity index (χ4v) is 2.58. The summed E-state index contributed by atoms with van der Waals surface area (Å²) in [4.78, 5) is 4.82. The molecule has 0 radical (unpaired) electrons. The summed E-state index contributed by atoms with van der Waals surface area (Å²) in [5.74, 6) is 0. The number of nitrogen functional groups attached to an aromatic ring is 2. The van der Waals surface area contributed by atoms with Gasteiger partial charge in [0.2, 0.25) is 0 Å². The van der Waals surface area contributed by atoms with Crippen LogP contribution in [0.2, 0.25) is 0 Å². The molecule has 1 aliphatic heterocycles. The Morgan fingerprint density at radius 3 is 2.50 bits per heavy atom. The number of hydrogen-bond acceptors (Lipinski definition) is 4. The van der Waals surface area contributed by atoms with Crippen LogP contribution in [0.4, 0.5) is 11.4 Å². The lowest BCUT2D eigenvalue weighted by Gasteiger charge is -2.35. The largest absolute Gasteiger partial charge is 0.397 e. The molecule has 1 fully saturated rings. The van der Waals surface area contributed by atoms with Gasteiger partial charge in [-0.05, 0) is 57.7 Å². The van der Waals surface area contributed by atoms with Crippen molar-refractivity contribution in [1.82, 2.24) is 9.80 Å². The predicted molar refractivity (Wildman–Crippen MR) is 77.3 cm³/mol. The van der Waals surface area contributed by atoms with Gasteiger partial charge in [-0.2, -0.15) is 0 Å². The van der Waals surface area contributed by atoms with E-state index in [2.05, 4.69) is 30.0 Å². The number of likely N-dealkylation sites (tertiary alicyclic amines) is 1. The highest BCUT2D eigenvalue weighted by atomic mass is 15.2. The Bertz CT molecular complexity index is 397. The first-order valence-electron chi connectivity index (χ1n) is 6.59. The van der Waals surface area contributed by atoms with Gasteiger partial charge in [0.25, 0.3) is 0 Å². The number of nitrogens with zero attached hydrogens (tertiary/aromatic N) is 2. The second-order valence-corrected chi connectivity index (χ2v) is 5.41. The van der Waals surface area contributed by atoms with Crippen LogP contribution >= 0.6 is 0 Å². The van der Waals surface area contributed by atoms with E-state index < -0.39 is 0 Å². The first-order valence-corrected chi connectivity index (χ1v) is 6.59. The average molecular weight is 248 g/mol. The third-order valence-electron chi connectivity index (χ3n) is 3.89. The standard InChI is InChI=1S/C14H24N4/c1-17-7-5-12(6-8-17)18(2)10-11-3-4-13(15)14(16)9-11/h3-4,9,12H,5-8,10,15-16H2,1-2H3. The molecule has 1 heterocycles. The topological polar surface area (TPSA) is 58.5 Å². The lowest BCUT2D eigenvalue weighted by Crippen LogP contribution is -2.41. The quantitative estimate of drug-likeness (QED) is 0.793. The monoisotopic (exact) mass is 248 g/mol. The Morgan fingerprint density at radius 1 is 1.22 bits per heavy atom. The molecule has 1 aromatic carbocycles. The van der Waals surface area contributed by atoms with Crippen molar-refractivity contribution >= 4 is 11.4 Å². The highest BCUT2D eigenvalue weighted by Gasteiger charge is 2.20. The van der Waals surface area contributed by atoms with Crippen molar-refractivity contribution in [2.24, 2.45) is 0 Å². The highest BCUT2D eigenvalue weighted by molar-refractivity contribution is 5.63. The highest BCUT2D eigenvalue weighted by Crippen LogP contribution is 2.20. The van der Waals surface area contributed by atoms with E-state index in [1.54, 1.807) is 0 Å². The van der Waals surface area contributed by atoms with E-state index in [0.29, 0.717) is 17.4 Å². The summed E-state index contributed by atoms with van der Waals surface area (Å²) in [5.41, 5.74) is 14.2. The first kappa shape index (κ1) is 13.2. The van der Waals surface area contributed by atoms with Crippen molar-refractivity contribution in [3.63, 3.8) is 0 Å². The Labute approximate surface area is 110 Å². The molecule has 0 aromatic heterocycles. The molecule has 4 nitrogen and oxygen atoms in total. The fourth-order valence-electron chi connectivity index (χ4n) is 2.58. The van der Waals surface area contributed by atoms with E-state index in [9.17, 15) is 0 Å². The number of benzene rings is 1. The maximum absolute atomic E-state index is 5.84. The Morgan fingerprint density at radius 2 is 1.89 bits per heavy atom. The maximum Gasteiger partial charge on any atom is 0.0551 e. The van der Waals surface area contributed by atoms with Gasteiger partial charge in [-0.3, -0.25) is 4.90 Å². The molecule has 1 saturated heterocycles. The molecule has 4 N–H and O–H groups in total. The van der Waals surface area contributed by atoms with Gasteiger partial charge in [0, 0.05) is 12.6 Å². The minimum absolute atomic E-state index is 0.667. The van der Waals surface area contributed by atoms with Crippen LogP contribution in [-0.2, 0) is 6.54 Å². The molecule has 0 saturated carbocycles. The normalized spacial score (nSPS) is 18.4.